The monoisotopic (exact) mass is 322 g/mol. The summed E-state index contributed by atoms with van der Waals surface area (Å²) in [6.45, 7) is 6.18. The molecule has 2 fully saturated rings. The van der Waals surface area contributed by atoms with Crippen molar-refractivity contribution in [1.29, 1.82) is 0 Å². The molecule has 102 valence electrons. The Morgan fingerprint density at radius 2 is 2.16 bits per heavy atom. The molecule has 0 aliphatic carbocycles. The van der Waals surface area contributed by atoms with Gasteiger partial charge in [0.15, 0.2) is 0 Å². The molecule has 0 saturated carbocycles. The summed E-state index contributed by atoms with van der Waals surface area (Å²) in [4.78, 5) is 14.9. The van der Waals surface area contributed by atoms with Gasteiger partial charge in [-0.25, -0.2) is 0 Å². The molecule has 3 rings (SSSR count). The lowest BCUT2D eigenvalue weighted by atomic mass is 10.0. The maximum atomic E-state index is 12.8. The second-order valence-corrected chi connectivity index (χ2v) is 6.72. The minimum Gasteiger partial charge on any atom is -0.331 e. The molecular weight excluding hydrogens is 304 g/mol. The lowest BCUT2D eigenvalue weighted by Crippen LogP contribution is -2.42. The van der Waals surface area contributed by atoms with Gasteiger partial charge in [0.25, 0.3) is 5.91 Å². The van der Waals surface area contributed by atoms with Crippen LogP contribution in [0.3, 0.4) is 0 Å². The van der Waals surface area contributed by atoms with Crippen LogP contribution >= 0.6 is 15.9 Å². The fourth-order valence-electron chi connectivity index (χ4n) is 3.52. The van der Waals surface area contributed by atoms with E-state index in [0.29, 0.717) is 18.0 Å². The minimum absolute atomic E-state index is 0.174. The Hall–Kier alpha value is -0.870. The van der Waals surface area contributed by atoms with Gasteiger partial charge in [-0.3, -0.25) is 4.79 Å². The van der Waals surface area contributed by atoms with E-state index in [-0.39, 0.29) is 5.91 Å². The lowest BCUT2D eigenvalue weighted by molar-refractivity contribution is 0.0682. The van der Waals surface area contributed by atoms with Crippen molar-refractivity contribution in [2.75, 3.05) is 13.1 Å². The molecule has 3 nitrogen and oxygen atoms in total. The summed E-state index contributed by atoms with van der Waals surface area (Å²) < 4.78 is 0.976. The van der Waals surface area contributed by atoms with Crippen molar-refractivity contribution < 1.29 is 4.79 Å². The fraction of sp³-hybridized carbons (Fsp3) is 0.533. The Morgan fingerprint density at radius 1 is 1.37 bits per heavy atom. The van der Waals surface area contributed by atoms with Gasteiger partial charge in [0.2, 0.25) is 0 Å². The number of aryl methyl sites for hydroxylation is 1. The van der Waals surface area contributed by atoms with Gasteiger partial charge in [-0.2, -0.15) is 0 Å². The van der Waals surface area contributed by atoms with E-state index in [1.807, 2.05) is 25.1 Å². The number of nitrogens with one attached hydrogen (secondary N) is 1. The molecule has 2 saturated heterocycles. The van der Waals surface area contributed by atoms with E-state index in [4.69, 9.17) is 0 Å². The molecule has 2 aliphatic heterocycles. The van der Waals surface area contributed by atoms with Gasteiger partial charge in [0.1, 0.15) is 0 Å². The first-order chi connectivity index (χ1) is 9.06. The van der Waals surface area contributed by atoms with E-state index in [1.165, 1.54) is 0 Å². The van der Waals surface area contributed by atoms with Gasteiger partial charge < -0.3 is 10.2 Å². The molecule has 1 aromatic rings. The van der Waals surface area contributed by atoms with Crippen LogP contribution in [-0.2, 0) is 0 Å². The molecular formula is C15H19BrN2O. The summed E-state index contributed by atoms with van der Waals surface area (Å²) >= 11 is 3.48. The van der Waals surface area contributed by atoms with Crippen LogP contribution in [0.25, 0.3) is 0 Å². The van der Waals surface area contributed by atoms with Gasteiger partial charge in [-0.1, -0.05) is 15.9 Å². The summed E-state index contributed by atoms with van der Waals surface area (Å²) in [5, 5.41) is 3.40. The van der Waals surface area contributed by atoms with Gasteiger partial charge in [0, 0.05) is 35.2 Å². The van der Waals surface area contributed by atoms with Crippen molar-refractivity contribution in [3.63, 3.8) is 0 Å². The Labute approximate surface area is 122 Å². The average Bonchev–Trinajstić information content (AvgIpc) is 2.86. The van der Waals surface area contributed by atoms with Crippen LogP contribution in [0.4, 0.5) is 0 Å². The SMILES string of the molecule is Cc1cc(Br)cc(C(=O)N2C(C)CC3CNCC32)c1. The van der Waals surface area contributed by atoms with Crippen LogP contribution in [0.15, 0.2) is 22.7 Å². The fourth-order valence-corrected chi connectivity index (χ4v) is 4.13. The average molecular weight is 323 g/mol. The third-order valence-corrected chi connectivity index (χ3v) is 4.76. The van der Waals surface area contributed by atoms with Crippen molar-refractivity contribution >= 4 is 21.8 Å². The van der Waals surface area contributed by atoms with Gasteiger partial charge in [0.05, 0.1) is 0 Å². The lowest BCUT2D eigenvalue weighted by Gasteiger charge is -2.28. The van der Waals surface area contributed by atoms with E-state index in [9.17, 15) is 4.79 Å². The number of fused-ring (bicyclic) bond motifs is 1. The third kappa shape index (κ3) is 2.32. The smallest absolute Gasteiger partial charge is 0.254 e. The number of hydrogen-bond donors (Lipinski definition) is 1. The predicted octanol–water partition coefficient (Wildman–Crippen LogP) is 2.58. The molecule has 0 bridgehead atoms. The number of halogens is 1. The van der Waals surface area contributed by atoms with Crippen LogP contribution in [0.5, 0.6) is 0 Å². The Kier molecular flexibility index (Phi) is 3.39. The van der Waals surface area contributed by atoms with Crippen molar-refractivity contribution in [2.24, 2.45) is 5.92 Å². The second-order valence-electron chi connectivity index (χ2n) is 5.80. The molecule has 1 amide bonds. The quantitative estimate of drug-likeness (QED) is 0.862. The van der Waals surface area contributed by atoms with E-state index in [1.54, 1.807) is 0 Å². The Bertz CT molecular complexity index is 497. The highest BCUT2D eigenvalue weighted by molar-refractivity contribution is 9.10. The van der Waals surface area contributed by atoms with E-state index >= 15 is 0 Å². The standard InChI is InChI=1S/C15H19BrN2O/c1-9-3-11(6-13(16)4-9)15(19)18-10(2)5-12-7-17-8-14(12)18/h3-4,6,10,12,14,17H,5,7-8H2,1-2H3. The van der Waals surface area contributed by atoms with Crippen LogP contribution < -0.4 is 5.32 Å². The molecule has 4 heteroatoms. The molecule has 2 heterocycles. The molecule has 1 N–H and O–H groups in total. The predicted molar refractivity (Wildman–Crippen MR) is 79.3 cm³/mol. The number of amides is 1. The molecule has 0 spiro atoms. The highest BCUT2D eigenvalue weighted by Gasteiger charge is 2.44. The van der Waals surface area contributed by atoms with Crippen molar-refractivity contribution in [1.82, 2.24) is 10.2 Å². The van der Waals surface area contributed by atoms with Crippen LogP contribution in [0.2, 0.25) is 0 Å². The molecule has 1 aromatic carbocycles. The zero-order valence-corrected chi connectivity index (χ0v) is 12.9. The molecule has 19 heavy (non-hydrogen) atoms. The van der Waals surface area contributed by atoms with E-state index in [0.717, 1.165) is 35.1 Å². The zero-order chi connectivity index (χ0) is 13.6. The van der Waals surface area contributed by atoms with E-state index in [2.05, 4.69) is 33.1 Å². The minimum atomic E-state index is 0.174. The number of benzene rings is 1. The topological polar surface area (TPSA) is 32.3 Å². The molecule has 0 radical (unpaired) electrons. The molecule has 2 aliphatic rings. The van der Waals surface area contributed by atoms with Crippen LogP contribution in [-0.4, -0.2) is 36.0 Å². The van der Waals surface area contributed by atoms with Crippen molar-refractivity contribution in [3.8, 4) is 0 Å². The number of rotatable bonds is 1. The maximum Gasteiger partial charge on any atom is 0.254 e. The molecule has 3 atom stereocenters. The zero-order valence-electron chi connectivity index (χ0n) is 11.3. The van der Waals surface area contributed by atoms with Gasteiger partial charge in [-0.15, -0.1) is 0 Å². The summed E-state index contributed by atoms with van der Waals surface area (Å²) in [5.41, 5.74) is 1.91. The largest absolute Gasteiger partial charge is 0.331 e. The number of likely N-dealkylation sites (tertiary alicyclic amines) is 1. The maximum absolute atomic E-state index is 12.8. The summed E-state index contributed by atoms with van der Waals surface area (Å²) in [6, 6.07) is 6.67. The summed E-state index contributed by atoms with van der Waals surface area (Å²) in [6.07, 6.45) is 1.12. The van der Waals surface area contributed by atoms with Gasteiger partial charge >= 0.3 is 0 Å². The normalized spacial score (nSPS) is 29.6. The van der Waals surface area contributed by atoms with Crippen LogP contribution in [0.1, 0.15) is 29.3 Å². The number of carbonyl (C=O) groups excluding carboxylic acids is 1. The third-order valence-electron chi connectivity index (χ3n) is 4.30. The molecule has 0 aromatic heterocycles. The highest BCUT2D eigenvalue weighted by Crippen LogP contribution is 2.33. The van der Waals surface area contributed by atoms with Crippen molar-refractivity contribution in [3.05, 3.63) is 33.8 Å². The van der Waals surface area contributed by atoms with E-state index < -0.39 is 0 Å². The second kappa shape index (κ2) is 4.91. The molecule has 3 unspecified atom stereocenters. The first-order valence-corrected chi connectivity index (χ1v) is 7.66. The first-order valence-electron chi connectivity index (χ1n) is 6.87. The number of carbonyl (C=O) groups is 1. The van der Waals surface area contributed by atoms with Gasteiger partial charge in [-0.05, 0) is 49.9 Å². The Balaban J connectivity index is 1.90. The van der Waals surface area contributed by atoms with Crippen molar-refractivity contribution in [2.45, 2.75) is 32.4 Å². The number of hydrogen-bond acceptors (Lipinski definition) is 2. The first kappa shape index (κ1) is 13.1. The highest BCUT2D eigenvalue weighted by atomic mass is 79.9. The summed E-state index contributed by atoms with van der Waals surface area (Å²) in [5.74, 6) is 0.806. The van der Waals surface area contributed by atoms with Crippen LogP contribution in [0, 0.1) is 12.8 Å². The summed E-state index contributed by atoms with van der Waals surface area (Å²) in [7, 11) is 0. The number of nitrogens with zero attached hydrogens (tertiary/aromatic N) is 1. The Morgan fingerprint density at radius 3 is 2.89 bits per heavy atom.